The Morgan fingerprint density at radius 2 is 0.946 bits per heavy atom. The average molecular weight is 480 g/mol. The van der Waals surface area contributed by atoms with Gasteiger partial charge < -0.3 is 4.90 Å². The number of aryl methyl sites for hydroxylation is 2. The number of rotatable bonds is 4. The Labute approximate surface area is 216 Å². The third-order valence-corrected chi connectivity index (χ3v) is 6.91. The van der Waals surface area contributed by atoms with E-state index in [0.717, 1.165) is 33.4 Å². The molecule has 0 amide bonds. The first kappa shape index (κ1) is 22.7. The zero-order chi connectivity index (χ0) is 25.5. The molecule has 3 nitrogen and oxygen atoms in total. The van der Waals surface area contributed by atoms with Crippen molar-refractivity contribution < 1.29 is 9.59 Å². The van der Waals surface area contributed by atoms with Crippen molar-refractivity contribution in [1.29, 1.82) is 0 Å². The number of nitrogens with zero attached hydrogens (tertiary/aromatic N) is 1. The van der Waals surface area contributed by atoms with Crippen molar-refractivity contribution in [2.45, 2.75) is 13.8 Å². The van der Waals surface area contributed by atoms with E-state index in [-0.39, 0.29) is 17.1 Å². The van der Waals surface area contributed by atoms with Crippen molar-refractivity contribution >= 4 is 45.5 Å². The minimum absolute atomic E-state index is 0.212. The van der Waals surface area contributed by atoms with Gasteiger partial charge in [0.2, 0.25) is 0 Å². The third kappa shape index (κ3) is 4.15. The normalized spacial score (nSPS) is 12.6. The van der Waals surface area contributed by atoms with Crippen LogP contribution in [0.25, 0.3) is 16.8 Å². The van der Waals surface area contributed by atoms with Crippen molar-refractivity contribution in [2.24, 2.45) is 0 Å². The fourth-order valence-corrected chi connectivity index (χ4v) is 4.86. The molecule has 1 aliphatic rings. The first-order valence-electron chi connectivity index (χ1n) is 12.4. The highest BCUT2D eigenvalue weighted by molar-refractivity contribution is 6.42. The first-order chi connectivity index (χ1) is 18.0. The highest BCUT2D eigenvalue weighted by Crippen LogP contribution is 2.36. The number of carbonyl (C=O) groups is 2. The molecule has 0 unspecified atom stereocenters. The number of allylic oxidation sites excluding steroid dienone is 1. The van der Waals surface area contributed by atoms with Crippen molar-refractivity contribution in [3.63, 3.8) is 0 Å². The summed E-state index contributed by atoms with van der Waals surface area (Å²) in [6.07, 6.45) is 1.71. The van der Waals surface area contributed by atoms with E-state index in [9.17, 15) is 9.59 Å². The van der Waals surface area contributed by atoms with Crippen molar-refractivity contribution in [2.75, 3.05) is 4.90 Å². The molecule has 0 aliphatic heterocycles. The minimum Gasteiger partial charge on any atom is -0.311 e. The van der Waals surface area contributed by atoms with Gasteiger partial charge in [0.25, 0.3) is 0 Å². The van der Waals surface area contributed by atoms with E-state index in [4.69, 9.17) is 0 Å². The molecule has 5 aromatic rings. The summed E-state index contributed by atoms with van der Waals surface area (Å²) in [5.41, 5.74) is 7.51. The van der Waals surface area contributed by atoms with E-state index in [2.05, 4.69) is 67.3 Å². The molecule has 0 aromatic heterocycles. The zero-order valence-corrected chi connectivity index (χ0v) is 20.7. The lowest BCUT2D eigenvalue weighted by Gasteiger charge is -2.26. The van der Waals surface area contributed by atoms with Crippen LogP contribution in [0, 0.1) is 13.8 Å². The van der Waals surface area contributed by atoms with E-state index in [1.54, 1.807) is 6.08 Å². The largest absolute Gasteiger partial charge is 0.311 e. The van der Waals surface area contributed by atoms with Crippen LogP contribution in [0.4, 0.5) is 17.1 Å². The highest BCUT2D eigenvalue weighted by Gasteiger charge is 2.33. The molecule has 5 aromatic carbocycles. The molecule has 1 aliphatic carbocycles. The van der Waals surface area contributed by atoms with Gasteiger partial charge in [0.15, 0.2) is 11.6 Å². The second kappa shape index (κ2) is 9.03. The number of anilines is 3. The number of fused-ring (bicyclic) bond motifs is 2. The Bertz CT molecular complexity index is 1590. The molecule has 6 rings (SSSR count). The summed E-state index contributed by atoms with van der Waals surface area (Å²) < 4.78 is 0. The molecule has 0 heterocycles. The zero-order valence-electron chi connectivity index (χ0n) is 20.7. The summed E-state index contributed by atoms with van der Waals surface area (Å²) in [6, 6.07) is 36.3. The number of carbonyl (C=O) groups excluding carboxylic acids is 2. The predicted molar refractivity (Wildman–Crippen MR) is 151 cm³/mol. The second-order valence-corrected chi connectivity index (χ2v) is 9.56. The van der Waals surface area contributed by atoms with Crippen molar-refractivity contribution in [1.82, 2.24) is 0 Å². The molecule has 0 N–H and O–H groups in total. The Morgan fingerprint density at radius 3 is 1.38 bits per heavy atom. The predicted octanol–water partition coefficient (Wildman–Crippen LogP) is 8.39. The number of benzene rings is 5. The Morgan fingerprint density at radius 1 is 0.541 bits per heavy atom. The molecular weight excluding hydrogens is 454 g/mol. The summed E-state index contributed by atoms with van der Waals surface area (Å²) in [6.45, 7) is 4.16. The minimum atomic E-state index is -0.212. The van der Waals surface area contributed by atoms with Crippen LogP contribution in [-0.2, 0) is 0 Å². The fourth-order valence-electron chi connectivity index (χ4n) is 4.86. The van der Waals surface area contributed by atoms with Gasteiger partial charge >= 0.3 is 0 Å². The van der Waals surface area contributed by atoms with Crippen LogP contribution in [0.15, 0.2) is 115 Å². The lowest BCUT2D eigenvalue weighted by Crippen LogP contribution is -2.09. The fraction of sp³-hybridized carbons (Fsp3) is 0.0588. The van der Waals surface area contributed by atoms with Gasteiger partial charge in [-0.05, 0) is 84.8 Å². The van der Waals surface area contributed by atoms with Gasteiger partial charge in [-0.1, -0.05) is 71.8 Å². The molecule has 0 fully saturated rings. The van der Waals surface area contributed by atoms with E-state index in [1.165, 1.54) is 11.1 Å². The van der Waals surface area contributed by atoms with Crippen molar-refractivity contribution in [3.8, 4) is 0 Å². The number of ketones is 2. The molecule has 0 radical (unpaired) electrons. The SMILES string of the molecule is Cc1ccc(N(c2ccc(C)cc2)c2ccc(C=C3C(=O)c4cc5ccccc5cc4C3=O)cc2)cc1. The van der Waals surface area contributed by atoms with E-state index in [1.807, 2.05) is 60.7 Å². The Balaban J connectivity index is 1.36. The molecule has 37 heavy (non-hydrogen) atoms. The van der Waals surface area contributed by atoms with Crippen LogP contribution in [0.3, 0.4) is 0 Å². The van der Waals surface area contributed by atoms with E-state index in [0.29, 0.717) is 11.1 Å². The standard InChI is InChI=1S/C34H25NO2/c1-22-7-13-27(14-8-22)35(28-15-9-23(2)10-16-28)29-17-11-24(12-18-29)19-32-33(36)30-20-25-5-3-4-6-26(25)21-31(30)34(32)37/h3-21H,1-2H3. The maximum atomic E-state index is 13.2. The van der Waals surface area contributed by atoms with Crippen LogP contribution >= 0.6 is 0 Å². The lowest BCUT2D eigenvalue weighted by atomic mass is 10.0. The number of hydrogen-bond donors (Lipinski definition) is 0. The molecule has 178 valence electrons. The van der Waals surface area contributed by atoms with E-state index >= 15 is 0 Å². The second-order valence-electron chi connectivity index (χ2n) is 9.56. The van der Waals surface area contributed by atoms with Gasteiger partial charge in [0.1, 0.15) is 0 Å². The van der Waals surface area contributed by atoms with Crippen LogP contribution in [0.2, 0.25) is 0 Å². The van der Waals surface area contributed by atoms with Gasteiger partial charge in [-0.2, -0.15) is 0 Å². The number of Topliss-reactive ketones (excluding diaryl/α,β-unsaturated/α-hetero) is 2. The van der Waals surface area contributed by atoms with Gasteiger partial charge in [0.05, 0.1) is 5.57 Å². The monoisotopic (exact) mass is 479 g/mol. The van der Waals surface area contributed by atoms with Crippen LogP contribution < -0.4 is 4.90 Å². The molecule has 0 bridgehead atoms. The summed E-state index contributed by atoms with van der Waals surface area (Å²) in [5, 5.41) is 1.92. The lowest BCUT2D eigenvalue weighted by molar-refractivity contribution is 0.0990. The number of hydrogen-bond acceptors (Lipinski definition) is 3. The average Bonchev–Trinajstić information content (AvgIpc) is 3.14. The molecule has 0 saturated carbocycles. The van der Waals surface area contributed by atoms with Crippen LogP contribution in [0.1, 0.15) is 37.4 Å². The van der Waals surface area contributed by atoms with Gasteiger partial charge in [-0.3, -0.25) is 9.59 Å². The smallest absolute Gasteiger partial charge is 0.197 e. The summed E-state index contributed by atoms with van der Waals surface area (Å²) in [5.74, 6) is -0.425. The van der Waals surface area contributed by atoms with Crippen molar-refractivity contribution in [3.05, 3.63) is 143 Å². The van der Waals surface area contributed by atoms with Crippen LogP contribution in [-0.4, -0.2) is 11.6 Å². The molecule has 0 spiro atoms. The maximum absolute atomic E-state index is 13.2. The van der Waals surface area contributed by atoms with Gasteiger partial charge in [0, 0.05) is 28.2 Å². The molecule has 0 saturated heterocycles. The maximum Gasteiger partial charge on any atom is 0.197 e. The molecule has 3 heteroatoms. The summed E-state index contributed by atoms with van der Waals surface area (Å²) in [7, 11) is 0. The summed E-state index contributed by atoms with van der Waals surface area (Å²) >= 11 is 0. The molecule has 0 atom stereocenters. The first-order valence-corrected chi connectivity index (χ1v) is 12.4. The van der Waals surface area contributed by atoms with Crippen LogP contribution in [0.5, 0.6) is 0 Å². The summed E-state index contributed by atoms with van der Waals surface area (Å²) in [4.78, 5) is 28.5. The Hall–Kier alpha value is -4.76. The third-order valence-electron chi connectivity index (χ3n) is 6.91. The quantitative estimate of drug-likeness (QED) is 0.192. The van der Waals surface area contributed by atoms with E-state index < -0.39 is 0 Å². The topological polar surface area (TPSA) is 37.4 Å². The Kier molecular flexibility index (Phi) is 5.54. The highest BCUT2D eigenvalue weighted by atomic mass is 16.2. The van der Waals surface area contributed by atoms with Gasteiger partial charge in [-0.15, -0.1) is 0 Å². The van der Waals surface area contributed by atoms with Gasteiger partial charge in [-0.25, -0.2) is 0 Å². The molecular formula is C34H25NO2.